The van der Waals surface area contributed by atoms with Crippen LogP contribution in [0.15, 0.2) is 59.2 Å². The van der Waals surface area contributed by atoms with Crippen LogP contribution in [0.4, 0.5) is 29.5 Å². The number of hydrogen-bond donors (Lipinski definition) is 2. The number of rotatable bonds is 6. The second kappa shape index (κ2) is 9.43. The molecule has 1 unspecified atom stereocenters. The molecule has 4 rings (SSSR count). The summed E-state index contributed by atoms with van der Waals surface area (Å²) in [7, 11) is 1.42. The zero-order chi connectivity index (χ0) is 24.3. The van der Waals surface area contributed by atoms with Gasteiger partial charge in [0.15, 0.2) is 11.6 Å². The van der Waals surface area contributed by atoms with E-state index < -0.39 is 30.1 Å². The highest BCUT2D eigenvalue weighted by atomic mass is 19.4. The molecule has 3 heterocycles. The van der Waals surface area contributed by atoms with Gasteiger partial charge >= 0.3 is 12.4 Å². The summed E-state index contributed by atoms with van der Waals surface area (Å²) in [6, 6.07) is 10.4. The molecule has 0 radical (unpaired) electrons. The standard InChI is InChI=1S/C22H19F3N4O5/c1-32-12-17(13-4-6-14(7-5-13)34-22(23,24)25)28-21(31)29-11-19(30)26-16-9-8-15(27-20(16)29)18-3-2-10-33-18/h2-10,17H,11-12H2,1H3,(H,26,30)(H,28,31). The van der Waals surface area contributed by atoms with Gasteiger partial charge in [-0.1, -0.05) is 12.1 Å². The molecule has 3 amide bonds. The van der Waals surface area contributed by atoms with Crippen molar-refractivity contribution in [1.29, 1.82) is 0 Å². The van der Waals surface area contributed by atoms with E-state index in [9.17, 15) is 22.8 Å². The van der Waals surface area contributed by atoms with Crippen LogP contribution in [0, 0.1) is 0 Å². The Morgan fingerprint density at radius 2 is 2.00 bits per heavy atom. The maximum Gasteiger partial charge on any atom is 0.573 e. The minimum Gasteiger partial charge on any atom is -0.463 e. The van der Waals surface area contributed by atoms with Crippen molar-refractivity contribution in [3.8, 4) is 17.2 Å². The number of hydrogen-bond acceptors (Lipinski definition) is 6. The first-order chi connectivity index (χ1) is 16.2. The molecule has 12 heteroatoms. The van der Waals surface area contributed by atoms with Gasteiger partial charge in [-0.15, -0.1) is 13.2 Å². The Morgan fingerprint density at radius 3 is 2.65 bits per heavy atom. The number of furan rings is 1. The molecular weight excluding hydrogens is 457 g/mol. The highest BCUT2D eigenvalue weighted by Crippen LogP contribution is 2.31. The van der Waals surface area contributed by atoms with Crippen molar-refractivity contribution in [3.05, 3.63) is 60.4 Å². The number of methoxy groups -OCH3 is 1. The van der Waals surface area contributed by atoms with Crippen molar-refractivity contribution in [2.45, 2.75) is 12.4 Å². The molecule has 2 aromatic heterocycles. The van der Waals surface area contributed by atoms with Crippen LogP contribution in [0.1, 0.15) is 11.6 Å². The van der Waals surface area contributed by atoms with Gasteiger partial charge in [0.2, 0.25) is 5.91 Å². The Labute approximate surface area is 191 Å². The fourth-order valence-corrected chi connectivity index (χ4v) is 3.41. The highest BCUT2D eigenvalue weighted by molar-refractivity contribution is 6.08. The molecule has 0 bridgehead atoms. The topological polar surface area (TPSA) is 106 Å². The van der Waals surface area contributed by atoms with Crippen molar-refractivity contribution in [1.82, 2.24) is 10.3 Å². The van der Waals surface area contributed by atoms with E-state index in [0.717, 1.165) is 12.1 Å². The van der Waals surface area contributed by atoms with Gasteiger partial charge in [0, 0.05) is 7.11 Å². The number of ether oxygens (including phenoxy) is 2. The van der Waals surface area contributed by atoms with Gasteiger partial charge in [0.25, 0.3) is 0 Å². The SMILES string of the molecule is COCC(NC(=O)N1CC(=O)Nc2ccc(-c3ccco3)nc21)c1ccc(OC(F)(F)F)cc1. The number of amides is 3. The van der Waals surface area contributed by atoms with Gasteiger partial charge in [-0.05, 0) is 42.0 Å². The zero-order valence-corrected chi connectivity index (χ0v) is 17.8. The molecule has 1 aromatic carbocycles. The lowest BCUT2D eigenvalue weighted by Gasteiger charge is -2.30. The molecule has 0 spiro atoms. The monoisotopic (exact) mass is 476 g/mol. The number of anilines is 2. The van der Waals surface area contributed by atoms with Crippen LogP contribution in [0.5, 0.6) is 5.75 Å². The first-order valence-corrected chi connectivity index (χ1v) is 10.0. The Kier molecular flexibility index (Phi) is 6.41. The molecule has 0 saturated carbocycles. The van der Waals surface area contributed by atoms with Gasteiger partial charge < -0.3 is 24.5 Å². The molecule has 1 aliphatic rings. The minimum absolute atomic E-state index is 0.0258. The average molecular weight is 476 g/mol. The molecule has 0 saturated heterocycles. The quantitative estimate of drug-likeness (QED) is 0.555. The van der Waals surface area contributed by atoms with Crippen LogP contribution in [-0.4, -0.2) is 43.5 Å². The Morgan fingerprint density at radius 1 is 1.24 bits per heavy atom. The van der Waals surface area contributed by atoms with E-state index in [1.54, 1.807) is 24.3 Å². The van der Waals surface area contributed by atoms with Crippen LogP contribution in [0.25, 0.3) is 11.5 Å². The number of nitrogens with zero attached hydrogens (tertiary/aromatic N) is 2. The van der Waals surface area contributed by atoms with Gasteiger partial charge in [-0.2, -0.15) is 0 Å². The zero-order valence-electron chi connectivity index (χ0n) is 17.8. The number of alkyl halides is 3. The molecule has 2 N–H and O–H groups in total. The second-order valence-corrected chi connectivity index (χ2v) is 7.25. The number of carbonyl (C=O) groups is 2. The summed E-state index contributed by atoms with van der Waals surface area (Å²) in [4.78, 5) is 31.0. The van der Waals surface area contributed by atoms with E-state index >= 15 is 0 Å². The van der Waals surface area contributed by atoms with Crippen molar-refractivity contribution in [2.75, 3.05) is 30.5 Å². The molecule has 0 aliphatic carbocycles. The molecular formula is C22H19F3N4O5. The van der Waals surface area contributed by atoms with Crippen molar-refractivity contribution in [2.24, 2.45) is 0 Å². The Hall–Kier alpha value is -4.06. The summed E-state index contributed by atoms with van der Waals surface area (Å²) in [5, 5.41) is 5.41. The Bertz CT molecular complexity index is 1170. The number of carbonyl (C=O) groups excluding carboxylic acids is 2. The maximum atomic E-state index is 13.2. The highest BCUT2D eigenvalue weighted by Gasteiger charge is 2.32. The fourth-order valence-electron chi connectivity index (χ4n) is 3.41. The summed E-state index contributed by atoms with van der Waals surface area (Å²) < 4.78 is 51.7. The first-order valence-electron chi connectivity index (χ1n) is 10.0. The van der Waals surface area contributed by atoms with Crippen LogP contribution in [-0.2, 0) is 9.53 Å². The van der Waals surface area contributed by atoms with E-state index in [4.69, 9.17) is 9.15 Å². The van der Waals surface area contributed by atoms with E-state index in [0.29, 0.717) is 22.7 Å². The van der Waals surface area contributed by atoms with Gasteiger partial charge in [-0.25, -0.2) is 9.78 Å². The molecule has 1 aliphatic heterocycles. The number of pyridine rings is 1. The third-order valence-corrected chi connectivity index (χ3v) is 4.87. The van der Waals surface area contributed by atoms with E-state index in [-0.39, 0.29) is 19.0 Å². The predicted octanol–water partition coefficient (Wildman–Crippen LogP) is 4.10. The number of halogens is 3. The summed E-state index contributed by atoms with van der Waals surface area (Å²) >= 11 is 0. The van der Waals surface area contributed by atoms with E-state index in [1.807, 2.05) is 0 Å². The number of nitrogens with one attached hydrogen (secondary N) is 2. The smallest absolute Gasteiger partial charge is 0.463 e. The fraction of sp³-hybridized carbons (Fsp3) is 0.227. The van der Waals surface area contributed by atoms with E-state index in [2.05, 4.69) is 20.4 Å². The number of aromatic nitrogens is 1. The Balaban J connectivity index is 1.57. The van der Waals surface area contributed by atoms with Gasteiger partial charge in [0.1, 0.15) is 18.0 Å². The number of urea groups is 1. The third kappa shape index (κ3) is 5.29. The summed E-state index contributed by atoms with van der Waals surface area (Å²) in [6.07, 6.45) is -3.32. The first kappa shape index (κ1) is 23.1. The lowest BCUT2D eigenvalue weighted by atomic mass is 10.1. The molecule has 9 nitrogen and oxygen atoms in total. The summed E-state index contributed by atoms with van der Waals surface area (Å²) in [5.74, 6) is -0.100. The lowest BCUT2D eigenvalue weighted by Crippen LogP contribution is -2.49. The van der Waals surface area contributed by atoms with Crippen molar-refractivity contribution < 1.29 is 36.7 Å². The molecule has 34 heavy (non-hydrogen) atoms. The van der Waals surface area contributed by atoms with Crippen molar-refractivity contribution in [3.63, 3.8) is 0 Å². The van der Waals surface area contributed by atoms with Gasteiger partial charge in [0.05, 0.1) is 24.6 Å². The molecule has 178 valence electrons. The summed E-state index contributed by atoms with van der Waals surface area (Å²) in [6.45, 7) is -0.260. The minimum atomic E-state index is -4.81. The molecule has 1 atom stereocenters. The number of fused-ring (bicyclic) bond motifs is 1. The predicted molar refractivity (Wildman–Crippen MR) is 114 cm³/mol. The average Bonchev–Trinajstić information content (AvgIpc) is 3.32. The van der Waals surface area contributed by atoms with Crippen LogP contribution in [0.2, 0.25) is 0 Å². The second-order valence-electron chi connectivity index (χ2n) is 7.25. The van der Waals surface area contributed by atoms with Gasteiger partial charge in [-0.3, -0.25) is 9.69 Å². The van der Waals surface area contributed by atoms with Crippen LogP contribution >= 0.6 is 0 Å². The molecule has 0 fully saturated rings. The largest absolute Gasteiger partial charge is 0.573 e. The van der Waals surface area contributed by atoms with Crippen molar-refractivity contribution >= 4 is 23.4 Å². The normalized spacial score (nSPS) is 14.2. The summed E-state index contributed by atoms with van der Waals surface area (Å²) in [5.41, 5.74) is 1.29. The molecule has 3 aromatic rings. The maximum absolute atomic E-state index is 13.2. The van der Waals surface area contributed by atoms with Crippen LogP contribution in [0.3, 0.4) is 0 Å². The van der Waals surface area contributed by atoms with E-state index in [1.165, 1.54) is 30.4 Å². The third-order valence-electron chi connectivity index (χ3n) is 4.87. The lowest BCUT2D eigenvalue weighted by molar-refractivity contribution is -0.274. The van der Waals surface area contributed by atoms with Crippen LogP contribution < -0.4 is 20.3 Å². The number of benzene rings is 1.